The van der Waals surface area contributed by atoms with Crippen molar-refractivity contribution in [3.63, 3.8) is 0 Å². The van der Waals surface area contributed by atoms with Gasteiger partial charge in [-0.2, -0.15) is 5.26 Å². The van der Waals surface area contributed by atoms with Crippen molar-refractivity contribution in [3.8, 4) is 6.07 Å². The van der Waals surface area contributed by atoms with Crippen molar-refractivity contribution >= 4 is 27.9 Å². The van der Waals surface area contributed by atoms with Gasteiger partial charge in [-0.3, -0.25) is 4.79 Å². The first kappa shape index (κ1) is 20.0. The average molecular weight is 431 g/mol. The second-order valence-corrected chi connectivity index (χ2v) is 8.79. The number of carbonyl (C=O) groups is 1. The van der Waals surface area contributed by atoms with Crippen LogP contribution in [-0.4, -0.2) is 52.9 Å². The molecule has 2 aliphatic heterocycles. The first-order chi connectivity index (χ1) is 12.9. The molecule has 27 heavy (non-hydrogen) atoms. The van der Waals surface area contributed by atoms with Gasteiger partial charge in [-0.25, -0.2) is 4.98 Å². The molecule has 1 aromatic heterocycles. The predicted molar refractivity (Wildman–Crippen MR) is 110 cm³/mol. The summed E-state index contributed by atoms with van der Waals surface area (Å²) in [5.41, 5.74) is 1.15. The molecule has 0 atom stereocenters. The summed E-state index contributed by atoms with van der Waals surface area (Å²) in [7, 11) is 0. The standard InChI is InChI=1S/C21H27BrN4O/c1-16(2)25-10-6-21(7-11-25)8-12-26(13-9-21)20(27)17(15-23)14-18-4-3-5-19(22)24-18/h3-5,14,16H,6-13H2,1-2H3/b17-14+. The Morgan fingerprint density at radius 2 is 1.85 bits per heavy atom. The van der Waals surface area contributed by atoms with Crippen LogP contribution < -0.4 is 0 Å². The monoisotopic (exact) mass is 430 g/mol. The molecule has 2 aliphatic rings. The molecule has 1 spiro atoms. The lowest BCUT2D eigenvalue weighted by Gasteiger charge is -2.47. The topological polar surface area (TPSA) is 60.2 Å². The zero-order valence-corrected chi connectivity index (χ0v) is 17.7. The molecular weight excluding hydrogens is 404 g/mol. The van der Waals surface area contributed by atoms with Crippen LogP contribution in [0.5, 0.6) is 0 Å². The molecule has 1 amide bonds. The Balaban J connectivity index is 1.62. The third kappa shape index (κ3) is 4.77. The van der Waals surface area contributed by atoms with Crippen molar-refractivity contribution in [1.82, 2.24) is 14.8 Å². The summed E-state index contributed by atoms with van der Waals surface area (Å²) in [6, 6.07) is 8.13. The van der Waals surface area contributed by atoms with Crippen LogP contribution in [0.15, 0.2) is 28.4 Å². The van der Waals surface area contributed by atoms with E-state index in [1.165, 1.54) is 12.8 Å². The van der Waals surface area contributed by atoms with Crippen molar-refractivity contribution in [1.29, 1.82) is 5.26 Å². The summed E-state index contributed by atoms with van der Waals surface area (Å²) in [6.45, 7) is 8.31. The highest BCUT2D eigenvalue weighted by molar-refractivity contribution is 9.10. The van der Waals surface area contributed by atoms with Gasteiger partial charge in [0.15, 0.2) is 0 Å². The summed E-state index contributed by atoms with van der Waals surface area (Å²) in [6.07, 6.45) is 6.10. The summed E-state index contributed by atoms with van der Waals surface area (Å²) in [5, 5.41) is 9.47. The minimum absolute atomic E-state index is 0.158. The maximum absolute atomic E-state index is 12.8. The van der Waals surface area contributed by atoms with Crippen LogP contribution in [0.4, 0.5) is 0 Å². The molecule has 3 heterocycles. The lowest BCUT2D eigenvalue weighted by molar-refractivity contribution is -0.129. The fraction of sp³-hybridized carbons (Fsp3) is 0.571. The van der Waals surface area contributed by atoms with E-state index in [-0.39, 0.29) is 11.5 Å². The quantitative estimate of drug-likeness (QED) is 0.414. The van der Waals surface area contributed by atoms with Gasteiger partial charge in [0.05, 0.1) is 5.69 Å². The molecule has 6 heteroatoms. The van der Waals surface area contributed by atoms with E-state index >= 15 is 0 Å². The fourth-order valence-electron chi connectivity index (χ4n) is 4.16. The first-order valence-electron chi connectivity index (χ1n) is 9.70. The van der Waals surface area contributed by atoms with E-state index in [0.717, 1.165) is 39.0 Å². The normalized spacial score (nSPS) is 20.7. The Morgan fingerprint density at radius 3 is 2.41 bits per heavy atom. The van der Waals surface area contributed by atoms with Gasteiger partial charge in [0, 0.05) is 19.1 Å². The van der Waals surface area contributed by atoms with Crippen molar-refractivity contribution in [3.05, 3.63) is 34.1 Å². The largest absolute Gasteiger partial charge is 0.338 e. The minimum Gasteiger partial charge on any atom is -0.338 e. The SMILES string of the molecule is CC(C)N1CCC2(CCN(C(=O)/C(C#N)=C/c3cccc(Br)n3)CC2)CC1. The molecule has 0 unspecified atom stereocenters. The van der Waals surface area contributed by atoms with E-state index in [4.69, 9.17) is 0 Å². The third-order valence-corrected chi connectivity index (χ3v) is 6.52. The van der Waals surface area contributed by atoms with Crippen LogP contribution in [0.2, 0.25) is 0 Å². The third-order valence-electron chi connectivity index (χ3n) is 6.08. The maximum atomic E-state index is 12.8. The number of hydrogen-bond acceptors (Lipinski definition) is 4. The molecule has 3 rings (SSSR count). The number of rotatable bonds is 3. The zero-order chi connectivity index (χ0) is 19.4. The van der Waals surface area contributed by atoms with Crippen LogP contribution in [-0.2, 0) is 4.79 Å². The molecule has 0 N–H and O–H groups in total. The number of piperidine rings is 2. The Bertz CT molecular complexity index is 750. The predicted octanol–water partition coefficient (Wildman–Crippen LogP) is 3.86. The highest BCUT2D eigenvalue weighted by Gasteiger charge is 2.39. The lowest BCUT2D eigenvalue weighted by atomic mass is 9.71. The number of halogens is 1. The number of pyridine rings is 1. The number of nitrogens with zero attached hydrogens (tertiary/aromatic N) is 4. The number of hydrogen-bond donors (Lipinski definition) is 0. The molecule has 0 bridgehead atoms. The highest BCUT2D eigenvalue weighted by Crippen LogP contribution is 2.41. The minimum atomic E-state index is -0.172. The maximum Gasteiger partial charge on any atom is 0.264 e. The molecule has 0 aliphatic carbocycles. The summed E-state index contributed by atoms with van der Waals surface area (Å²) < 4.78 is 0.689. The van der Waals surface area contributed by atoms with E-state index in [1.807, 2.05) is 17.0 Å². The average Bonchev–Trinajstić information content (AvgIpc) is 2.67. The van der Waals surface area contributed by atoms with Crippen molar-refractivity contribution in [2.45, 2.75) is 45.6 Å². The van der Waals surface area contributed by atoms with Crippen molar-refractivity contribution in [2.24, 2.45) is 5.41 Å². The molecule has 1 aromatic rings. The van der Waals surface area contributed by atoms with Crippen molar-refractivity contribution < 1.29 is 4.79 Å². The second-order valence-electron chi connectivity index (χ2n) is 7.98. The van der Waals surface area contributed by atoms with Gasteiger partial charge in [0.1, 0.15) is 16.2 Å². The smallest absolute Gasteiger partial charge is 0.264 e. The Kier molecular flexibility index (Phi) is 6.33. The molecule has 5 nitrogen and oxygen atoms in total. The van der Waals surface area contributed by atoms with E-state index in [9.17, 15) is 10.1 Å². The Hall–Kier alpha value is -1.71. The number of aromatic nitrogens is 1. The number of carbonyl (C=O) groups excluding carboxylic acids is 1. The molecule has 144 valence electrons. The van der Waals surface area contributed by atoms with Gasteiger partial charge in [0.25, 0.3) is 5.91 Å². The van der Waals surface area contributed by atoms with Crippen LogP contribution >= 0.6 is 15.9 Å². The number of likely N-dealkylation sites (tertiary alicyclic amines) is 2. The van der Waals surface area contributed by atoms with Crippen LogP contribution in [0.3, 0.4) is 0 Å². The van der Waals surface area contributed by atoms with Gasteiger partial charge < -0.3 is 9.80 Å². The van der Waals surface area contributed by atoms with Gasteiger partial charge in [0.2, 0.25) is 0 Å². The Morgan fingerprint density at radius 1 is 1.22 bits per heavy atom. The van der Waals surface area contributed by atoms with E-state index in [1.54, 1.807) is 12.1 Å². The van der Waals surface area contributed by atoms with Gasteiger partial charge in [-0.1, -0.05) is 6.07 Å². The number of nitriles is 1. The molecule has 0 radical (unpaired) electrons. The highest BCUT2D eigenvalue weighted by atomic mass is 79.9. The summed E-state index contributed by atoms with van der Waals surface area (Å²) in [5.74, 6) is -0.172. The Labute approximate surface area is 170 Å². The zero-order valence-electron chi connectivity index (χ0n) is 16.1. The molecule has 0 aromatic carbocycles. The van der Waals surface area contributed by atoms with E-state index in [2.05, 4.69) is 45.7 Å². The van der Waals surface area contributed by atoms with Gasteiger partial charge in [-0.15, -0.1) is 0 Å². The lowest BCUT2D eigenvalue weighted by Crippen LogP contribution is -2.49. The second kappa shape index (κ2) is 8.53. The molecule has 2 saturated heterocycles. The first-order valence-corrected chi connectivity index (χ1v) is 10.5. The summed E-state index contributed by atoms with van der Waals surface area (Å²) >= 11 is 3.32. The molecular formula is C21H27BrN4O. The van der Waals surface area contributed by atoms with Crippen LogP contribution in [0.25, 0.3) is 6.08 Å². The molecule has 0 saturated carbocycles. The van der Waals surface area contributed by atoms with E-state index in [0.29, 0.717) is 21.8 Å². The van der Waals surface area contributed by atoms with Crippen LogP contribution in [0, 0.1) is 16.7 Å². The summed E-state index contributed by atoms with van der Waals surface area (Å²) in [4.78, 5) is 21.5. The number of amides is 1. The van der Waals surface area contributed by atoms with Gasteiger partial charge in [-0.05, 0) is 92.2 Å². The van der Waals surface area contributed by atoms with E-state index < -0.39 is 0 Å². The fourth-order valence-corrected chi connectivity index (χ4v) is 4.52. The molecule has 2 fully saturated rings. The van der Waals surface area contributed by atoms with Crippen molar-refractivity contribution in [2.75, 3.05) is 26.2 Å². The van der Waals surface area contributed by atoms with Gasteiger partial charge >= 0.3 is 0 Å². The van der Waals surface area contributed by atoms with Crippen LogP contribution in [0.1, 0.15) is 45.2 Å².